The largest absolute Gasteiger partial charge is 0.394 e. The number of benzene rings is 1. The van der Waals surface area contributed by atoms with Gasteiger partial charge in [0.1, 0.15) is 11.9 Å². The van der Waals surface area contributed by atoms with E-state index in [0.29, 0.717) is 31.0 Å². The van der Waals surface area contributed by atoms with Gasteiger partial charge < -0.3 is 31.5 Å². The van der Waals surface area contributed by atoms with E-state index in [-0.39, 0.29) is 5.82 Å². The number of hydrogen-bond acceptors (Lipinski definition) is 8. The molecule has 1 unspecified atom stereocenters. The molecule has 0 aliphatic rings. The first kappa shape index (κ1) is 23.2. The van der Waals surface area contributed by atoms with Gasteiger partial charge in [-0.3, -0.25) is 14.2 Å². The van der Waals surface area contributed by atoms with E-state index in [4.69, 9.17) is 15.6 Å². The first-order valence-corrected chi connectivity index (χ1v) is 9.33. The van der Waals surface area contributed by atoms with Crippen molar-refractivity contribution in [3.8, 4) is 0 Å². The zero-order valence-corrected chi connectivity index (χ0v) is 16.6. The van der Waals surface area contributed by atoms with E-state index in [1.807, 2.05) is 7.05 Å². The lowest BCUT2D eigenvalue weighted by Gasteiger charge is -2.10. The third-order valence-electron chi connectivity index (χ3n) is 4.04. The van der Waals surface area contributed by atoms with Crippen LogP contribution in [0.1, 0.15) is 10.4 Å². The van der Waals surface area contributed by atoms with E-state index in [2.05, 4.69) is 20.9 Å². The molecule has 11 nitrogen and oxygen atoms in total. The first-order valence-electron chi connectivity index (χ1n) is 9.33. The molecular weight excluding hydrogens is 392 g/mol. The van der Waals surface area contributed by atoms with Crippen LogP contribution in [-0.4, -0.2) is 65.9 Å². The Morgan fingerprint density at radius 1 is 1.20 bits per heavy atom. The molecule has 2 rings (SSSR count). The summed E-state index contributed by atoms with van der Waals surface area (Å²) >= 11 is 0. The fourth-order valence-electron chi connectivity index (χ4n) is 2.32. The van der Waals surface area contributed by atoms with Crippen molar-refractivity contribution in [3.05, 3.63) is 52.6 Å². The minimum atomic E-state index is -1.03. The molecule has 0 bridgehead atoms. The van der Waals surface area contributed by atoms with E-state index in [0.717, 1.165) is 6.54 Å². The SMILES string of the molecule is CNCCOCCn1ccc(NC(=O)c2ccc(NC(=O)C(N)CO)cc2)nc1=O. The number of aromatic nitrogens is 2. The molecular formula is C19H26N6O5. The number of nitrogens with zero attached hydrogens (tertiary/aromatic N) is 2. The number of carbonyl (C=O) groups is 2. The second-order valence-electron chi connectivity index (χ2n) is 6.31. The smallest absolute Gasteiger partial charge is 0.349 e. The molecule has 162 valence electrons. The van der Waals surface area contributed by atoms with Gasteiger partial charge in [0.25, 0.3) is 5.91 Å². The lowest BCUT2D eigenvalue weighted by molar-refractivity contribution is -0.118. The Morgan fingerprint density at radius 2 is 1.93 bits per heavy atom. The highest BCUT2D eigenvalue weighted by atomic mass is 16.5. The average Bonchev–Trinajstić information content (AvgIpc) is 2.74. The topological polar surface area (TPSA) is 161 Å². The fourth-order valence-corrected chi connectivity index (χ4v) is 2.32. The van der Waals surface area contributed by atoms with Gasteiger partial charge in [-0.1, -0.05) is 0 Å². The molecule has 11 heteroatoms. The molecule has 2 amide bonds. The summed E-state index contributed by atoms with van der Waals surface area (Å²) in [6, 6.07) is 6.55. The number of ether oxygens (including phenoxy) is 1. The van der Waals surface area contributed by atoms with Crippen LogP contribution in [0.3, 0.4) is 0 Å². The van der Waals surface area contributed by atoms with E-state index >= 15 is 0 Å². The summed E-state index contributed by atoms with van der Waals surface area (Å²) in [7, 11) is 1.83. The van der Waals surface area contributed by atoms with Gasteiger partial charge in [0, 0.05) is 24.0 Å². The van der Waals surface area contributed by atoms with Gasteiger partial charge in [0.2, 0.25) is 5.91 Å². The van der Waals surface area contributed by atoms with Crippen LogP contribution in [0.15, 0.2) is 41.3 Å². The molecule has 0 fully saturated rings. The molecule has 0 aliphatic heterocycles. The summed E-state index contributed by atoms with van der Waals surface area (Å²) in [5.41, 5.74) is 5.67. The van der Waals surface area contributed by atoms with Crippen LogP contribution in [0.25, 0.3) is 0 Å². The number of nitrogens with two attached hydrogens (primary N) is 1. The quantitative estimate of drug-likeness (QED) is 0.290. The molecule has 0 saturated heterocycles. The fraction of sp³-hybridized carbons (Fsp3) is 0.368. The highest BCUT2D eigenvalue weighted by molar-refractivity contribution is 6.04. The van der Waals surface area contributed by atoms with Crippen molar-refractivity contribution in [1.82, 2.24) is 14.9 Å². The molecule has 1 heterocycles. The van der Waals surface area contributed by atoms with Crippen LogP contribution in [0.2, 0.25) is 0 Å². The summed E-state index contributed by atoms with van der Waals surface area (Å²) in [6.07, 6.45) is 1.54. The van der Waals surface area contributed by atoms with Crippen LogP contribution in [0.5, 0.6) is 0 Å². The van der Waals surface area contributed by atoms with Gasteiger partial charge in [-0.05, 0) is 37.4 Å². The normalized spacial score (nSPS) is 11.7. The second-order valence-corrected chi connectivity index (χ2v) is 6.31. The van der Waals surface area contributed by atoms with Crippen molar-refractivity contribution >= 4 is 23.3 Å². The van der Waals surface area contributed by atoms with Gasteiger partial charge in [-0.2, -0.15) is 4.98 Å². The highest BCUT2D eigenvalue weighted by Crippen LogP contribution is 2.11. The third-order valence-corrected chi connectivity index (χ3v) is 4.04. The molecule has 0 saturated carbocycles. The standard InChI is InChI=1S/C19H26N6O5/c1-21-7-10-30-11-9-25-8-6-16(24-19(25)29)23-17(27)13-2-4-14(5-3-13)22-18(28)15(20)12-26/h2-6,8,15,21,26H,7,9-12,20H2,1H3,(H,22,28)(H,23,24,27,29). The molecule has 0 aliphatic carbocycles. The van der Waals surface area contributed by atoms with E-state index < -0.39 is 30.2 Å². The molecule has 0 spiro atoms. The predicted molar refractivity (Wildman–Crippen MR) is 111 cm³/mol. The van der Waals surface area contributed by atoms with Gasteiger partial charge in [0.05, 0.1) is 26.4 Å². The molecule has 6 N–H and O–H groups in total. The number of nitrogens with one attached hydrogen (secondary N) is 3. The van der Waals surface area contributed by atoms with Crippen LogP contribution in [0.4, 0.5) is 11.5 Å². The maximum Gasteiger partial charge on any atom is 0.349 e. The first-order chi connectivity index (χ1) is 14.4. The zero-order chi connectivity index (χ0) is 21.9. The van der Waals surface area contributed by atoms with Crippen LogP contribution < -0.4 is 27.4 Å². The van der Waals surface area contributed by atoms with Crippen molar-refractivity contribution in [3.63, 3.8) is 0 Å². The van der Waals surface area contributed by atoms with E-state index in [9.17, 15) is 14.4 Å². The Kier molecular flexibility index (Phi) is 9.09. The summed E-state index contributed by atoms with van der Waals surface area (Å²) < 4.78 is 6.77. The number of aliphatic hydroxyl groups excluding tert-OH is 1. The number of anilines is 2. The minimum absolute atomic E-state index is 0.128. The third kappa shape index (κ3) is 7.04. The Morgan fingerprint density at radius 3 is 2.57 bits per heavy atom. The molecule has 1 aromatic carbocycles. The van der Waals surface area contributed by atoms with Gasteiger partial charge >= 0.3 is 5.69 Å². The van der Waals surface area contributed by atoms with Crippen molar-refractivity contribution in [2.45, 2.75) is 12.6 Å². The second kappa shape index (κ2) is 11.8. The van der Waals surface area contributed by atoms with Gasteiger partial charge in [-0.25, -0.2) is 4.79 Å². The van der Waals surface area contributed by atoms with Crippen molar-refractivity contribution in [2.24, 2.45) is 5.73 Å². The number of aliphatic hydroxyl groups is 1. The Hall–Kier alpha value is -3.12. The molecule has 30 heavy (non-hydrogen) atoms. The number of hydrogen-bond donors (Lipinski definition) is 5. The molecule has 2 aromatic rings. The van der Waals surface area contributed by atoms with Crippen LogP contribution in [0, 0.1) is 0 Å². The number of likely N-dealkylation sites (N-methyl/N-ethyl adjacent to an activating group) is 1. The summed E-state index contributed by atoms with van der Waals surface area (Å²) in [6.45, 7) is 1.53. The van der Waals surface area contributed by atoms with Gasteiger partial charge in [-0.15, -0.1) is 0 Å². The number of carbonyl (C=O) groups excluding carboxylic acids is 2. The Balaban J connectivity index is 1.91. The monoisotopic (exact) mass is 418 g/mol. The van der Waals surface area contributed by atoms with Crippen LogP contribution >= 0.6 is 0 Å². The molecule has 1 atom stereocenters. The van der Waals surface area contributed by atoms with Crippen molar-refractivity contribution in [1.29, 1.82) is 0 Å². The lowest BCUT2D eigenvalue weighted by Crippen LogP contribution is -2.38. The highest BCUT2D eigenvalue weighted by Gasteiger charge is 2.13. The maximum absolute atomic E-state index is 12.3. The average molecular weight is 418 g/mol. The summed E-state index contributed by atoms with van der Waals surface area (Å²) in [4.78, 5) is 39.9. The number of rotatable bonds is 11. The molecule has 1 aromatic heterocycles. The minimum Gasteiger partial charge on any atom is -0.394 e. The predicted octanol–water partition coefficient (Wildman–Crippen LogP) is -1.01. The summed E-state index contributed by atoms with van der Waals surface area (Å²) in [5.74, 6) is -0.865. The van der Waals surface area contributed by atoms with Crippen molar-refractivity contribution < 1.29 is 19.4 Å². The summed E-state index contributed by atoms with van der Waals surface area (Å²) in [5, 5.41) is 16.9. The van der Waals surface area contributed by atoms with Crippen molar-refractivity contribution in [2.75, 3.05) is 44.0 Å². The van der Waals surface area contributed by atoms with E-state index in [1.165, 1.54) is 41.1 Å². The zero-order valence-electron chi connectivity index (χ0n) is 16.6. The Bertz CT molecular complexity index is 899. The maximum atomic E-state index is 12.3. The van der Waals surface area contributed by atoms with E-state index in [1.54, 1.807) is 0 Å². The van der Waals surface area contributed by atoms with Crippen LogP contribution in [-0.2, 0) is 16.1 Å². The lowest BCUT2D eigenvalue weighted by atomic mass is 10.2. The molecule has 0 radical (unpaired) electrons. The number of amides is 2. The Labute approximate surface area is 173 Å². The van der Waals surface area contributed by atoms with Gasteiger partial charge in [0.15, 0.2) is 0 Å².